The van der Waals surface area contributed by atoms with E-state index >= 15 is 0 Å². The fourth-order valence-electron chi connectivity index (χ4n) is 4.28. The van der Waals surface area contributed by atoms with Gasteiger partial charge in [0, 0.05) is 30.9 Å². The lowest BCUT2D eigenvalue weighted by Crippen LogP contribution is -2.51. The molecule has 33 heavy (non-hydrogen) atoms. The van der Waals surface area contributed by atoms with Crippen LogP contribution in [0.15, 0.2) is 42.5 Å². The Morgan fingerprint density at radius 3 is 2.39 bits per heavy atom. The molecule has 2 aromatic carbocycles. The first-order chi connectivity index (χ1) is 16.2. The van der Waals surface area contributed by atoms with Crippen LogP contribution in [0.3, 0.4) is 0 Å². The van der Waals surface area contributed by atoms with Crippen molar-refractivity contribution in [1.29, 1.82) is 0 Å². The zero-order valence-electron chi connectivity index (χ0n) is 20.1. The molecule has 1 aliphatic heterocycles. The Hall–Kier alpha value is -2.93. The smallest absolute Gasteiger partial charge is 0.237 e. The second kappa shape index (κ2) is 12.9. The molecule has 1 saturated heterocycles. The molecule has 0 aliphatic carbocycles. The van der Waals surface area contributed by atoms with Crippen LogP contribution in [0, 0.1) is 0 Å². The molecular formula is C26H37N3O4. The molecule has 0 unspecified atom stereocenters. The number of likely N-dealkylation sites (tertiary alicyclic amines) is 1. The maximum Gasteiger partial charge on any atom is 0.237 e. The van der Waals surface area contributed by atoms with Gasteiger partial charge in [0.05, 0.1) is 34.0 Å². The zero-order valence-corrected chi connectivity index (χ0v) is 20.1. The number of anilines is 1. The number of piperidine rings is 1. The molecule has 0 aromatic heterocycles. The Morgan fingerprint density at radius 2 is 1.73 bits per heavy atom. The monoisotopic (exact) mass is 455 g/mol. The van der Waals surface area contributed by atoms with Gasteiger partial charge in [-0.1, -0.05) is 36.8 Å². The Labute approximate surface area is 197 Å². The van der Waals surface area contributed by atoms with Gasteiger partial charge in [-0.3, -0.25) is 9.69 Å². The first kappa shape index (κ1) is 24.7. The van der Waals surface area contributed by atoms with Gasteiger partial charge >= 0.3 is 0 Å². The molecule has 3 rings (SSSR count). The van der Waals surface area contributed by atoms with Gasteiger partial charge in [0.2, 0.25) is 11.7 Å². The van der Waals surface area contributed by atoms with Crippen LogP contribution < -0.4 is 24.8 Å². The van der Waals surface area contributed by atoms with E-state index in [1.54, 1.807) is 21.3 Å². The molecule has 180 valence electrons. The van der Waals surface area contributed by atoms with Crippen molar-refractivity contribution >= 4 is 11.6 Å². The lowest BCUT2D eigenvalue weighted by molar-refractivity contribution is -0.127. The van der Waals surface area contributed by atoms with Crippen molar-refractivity contribution in [1.82, 2.24) is 10.2 Å². The third-order valence-electron chi connectivity index (χ3n) is 6.10. The van der Waals surface area contributed by atoms with Crippen LogP contribution in [0.5, 0.6) is 17.2 Å². The summed E-state index contributed by atoms with van der Waals surface area (Å²) in [5, 5.41) is 6.58. The molecular weight excluding hydrogens is 418 g/mol. The molecule has 1 fully saturated rings. The Bertz CT molecular complexity index is 850. The number of unbranched alkanes of at least 4 members (excludes halogenated alkanes) is 1. The largest absolute Gasteiger partial charge is 0.493 e. The number of rotatable bonds is 12. The standard InChI is InChI=1S/C26H37N3O4/c1-31-23-17-21(18-24(32-2)25(23)33-3)28-19-29-16-10-8-14-22(29)26(30)27-15-9-7-13-20-11-5-4-6-12-20/h4-6,11-12,17-18,22,28H,7-10,13-16,19H2,1-3H3,(H,27,30)/t22-/m0/s1. The van der Waals surface area contributed by atoms with Gasteiger partial charge in [-0.2, -0.15) is 0 Å². The molecule has 7 heteroatoms. The predicted molar refractivity (Wildman–Crippen MR) is 131 cm³/mol. The molecule has 2 aromatic rings. The van der Waals surface area contributed by atoms with E-state index in [0.29, 0.717) is 23.9 Å². The molecule has 1 amide bonds. The summed E-state index contributed by atoms with van der Waals surface area (Å²) in [5.74, 6) is 1.89. The predicted octanol–water partition coefficient (Wildman–Crippen LogP) is 4.08. The van der Waals surface area contributed by atoms with Gasteiger partial charge in [0.1, 0.15) is 0 Å². The van der Waals surface area contributed by atoms with Crippen molar-refractivity contribution in [3.63, 3.8) is 0 Å². The van der Waals surface area contributed by atoms with Crippen LogP contribution in [-0.2, 0) is 11.2 Å². The normalized spacial score (nSPS) is 16.2. The summed E-state index contributed by atoms with van der Waals surface area (Å²) >= 11 is 0. The summed E-state index contributed by atoms with van der Waals surface area (Å²) in [4.78, 5) is 15.1. The second-order valence-electron chi connectivity index (χ2n) is 8.31. The molecule has 1 heterocycles. The number of aryl methyl sites for hydroxylation is 1. The van der Waals surface area contributed by atoms with Crippen molar-refractivity contribution in [3.8, 4) is 17.2 Å². The van der Waals surface area contributed by atoms with Crippen LogP contribution >= 0.6 is 0 Å². The molecule has 1 aliphatic rings. The number of amides is 1. The fourth-order valence-corrected chi connectivity index (χ4v) is 4.28. The number of carbonyl (C=O) groups is 1. The highest BCUT2D eigenvalue weighted by molar-refractivity contribution is 5.81. The van der Waals surface area contributed by atoms with Crippen LogP contribution in [0.25, 0.3) is 0 Å². The van der Waals surface area contributed by atoms with E-state index in [0.717, 1.165) is 57.3 Å². The van der Waals surface area contributed by atoms with E-state index < -0.39 is 0 Å². The minimum atomic E-state index is -0.109. The molecule has 0 spiro atoms. The van der Waals surface area contributed by atoms with E-state index in [2.05, 4.69) is 39.8 Å². The van der Waals surface area contributed by atoms with E-state index in [-0.39, 0.29) is 11.9 Å². The zero-order chi connectivity index (χ0) is 23.5. The highest BCUT2D eigenvalue weighted by atomic mass is 16.5. The van der Waals surface area contributed by atoms with E-state index in [9.17, 15) is 4.79 Å². The summed E-state index contributed by atoms with van der Waals surface area (Å²) in [6, 6.07) is 14.1. The summed E-state index contributed by atoms with van der Waals surface area (Å²) in [5.41, 5.74) is 2.20. The van der Waals surface area contributed by atoms with Crippen LogP contribution in [-0.4, -0.2) is 57.9 Å². The number of nitrogens with zero attached hydrogens (tertiary/aromatic N) is 1. The number of benzene rings is 2. The number of ether oxygens (including phenoxy) is 3. The van der Waals surface area contributed by atoms with Crippen molar-refractivity contribution in [2.45, 2.75) is 44.6 Å². The number of methoxy groups -OCH3 is 3. The highest BCUT2D eigenvalue weighted by Crippen LogP contribution is 2.40. The van der Waals surface area contributed by atoms with E-state index in [1.807, 2.05) is 18.2 Å². The lowest BCUT2D eigenvalue weighted by atomic mass is 10.0. The molecule has 0 radical (unpaired) electrons. The first-order valence-corrected chi connectivity index (χ1v) is 11.8. The van der Waals surface area contributed by atoms with Crippen molar-refractivity contribution in [2.24, 2.45) is 0 Å². The number of carbonyl (C=O) groups excluding carboxylic acids is 1. The fraction of sp³-hybridized carbons (Fsp3) is 0.500. The lowest BCUT2D eigenvalue weighted by Gasteiger charge is -2.35. The minimum Gasteiger partial charge on any atom is -0.493 e. The van der Waals surface area contributed by atoms with Gasteiger partial charge in [-0.15, -0.1) is 0 Å². The Morgan fingerprint density at radius 1 is 1.00 bits per heavy atom. The average molecular weight is 456 g/mol. The second-order valence-corrected chi connectivity index (χ2v) is 8.31. The van der Waals surface area contributed by atoms with Crippen LogP contribution in [0.1, 0.15) is 37.7 Å². The number of hydrogen-bond acceptors (Lipinski definition) is 6. The maximum absolute atomic E-state index is 12.9. The topological polar surface area (TPSA) is 72.1 Å². The van der Waals surface area contributed by atoms with Gasteiger partial charge < -0.3 is 24.8 Å². The maximum atomic E-state index is 12.9. The molecule has 7 nitrogen and oxygen atoms in total. The Balaban J connectivity index is 1.50. The minimum absolute atomic E-state index is 0.109. The first-order valence-electron chi connectivity index (χ1n) is 11.8. The summed E-state index contributed by atoms with van der Waals surface area (Å²) in [6.45, 7) is 2.19. The molecule has 2 N–H and O–H groups in total. The molecule has 1 atom stereocenters. The van der Waals surface area contributed by atoms with Gasteiger partial charge in [-0.25, -0.2) is 0 Å². The third kappa shape index (κ3) is 7.02. The van der Waals surface area contributed by atoms with Gasteiger partial charge in [0.15, 0.2) is 11.5 Å². The average Bonchev–Trinajstić information content (AvgIpc) is 2.87. The van der Waals surface area contributed by atoms with Gasteiger partial charge in [0.25, 0.3) is 0 Å². The van der Waals surface area contributed by atoms with Crippen molar-refractivity contribution in [3.05, 3.63) is 48.0 Å². The van der Waals surface area contributed by atoms with Crippen molar-refractivity contribution in [2.75, 3.05) is 46.4 Å². The Kier molecular flexibility index (Phi) is 9.69. The highest BCUT2D eigenvalue weighted by Gasteiger charge is 2.28. The van der Waals surface area contributed by atoms with E-state index in [4.69, 9.17) is 14.2 Å². The van der Waals surface area contributed by atoms with Crippen LogP contribution in [0.4, 0.5) is 5.69 Å². The quantitative estimate of drug-likeness (QED) is 0.470. The number of hydrogen-bond donors (Lipinski definition) is 2. The van der Waals surface area contributed by atoms with Gasteiger partial charge in [-0.05, 0) is 37.7 Å². The summed E-state index contributed by atoms with van der Waals surface area (Å²) in [7, 11) is 4.80. The van der Waals surface area contributed by atoms with Crippen molar-refractivity contribution < 1.29 is 19.0 Å². The number of nitrogens with one attached hydrogen (secondary N) is 2. The molecule has 0 saturated carbocycles. The van der Waals surface area contributed by atoms with E-state index in [1.165, 1.54) is 5.56 Å². The summed E-state index contributed by atoms with van der Waals surface area (Å²) in [6.07, 6.45) is 6.15. The SMILES string of the molecule is COc1cc(NCN2CCCC[C@H]2C(=O)NCCCCc2ccccc2)cc(OC)c1OC. The third-order valence-corrected chi connectivity index (χ3v) is 6.10. The summed E-state index contributed by atoms with van der Waals surface area (Å²) < 4.78 is 16.3. The van der Waals surface area contributed by atoms with Crippen LogP contribution in [0.2, 0.25) is 0 Å². The molecule has 0 bridgehead atoms.